The monoisotopic (exact) mass is 290 g/mol. The molecule has 0 aliphatic carbocycles. The maximum atomic E-state index is 12.4. The minimum absolute atomic E-state index is 0.169. The first-order valence-electron chi connectivity index (χ1n) is 6.51. The summed E-state index contributed by atoms with van der Waals surface area (Å²) in [4.78, 5) is 5.02. The van der Waals surface area contributed by atoms with Crippen LogP contribution in [-0.2, 0) is 6.54 Å². The molecule has 0 spiro atoms. The summed E-state index contributed by atoms with van der Waals surface area (Å²) in [6.45, 7) is 4.85. The number of ether oxygens (including phenoxy) is 1. The maximum absolute atomic E-state index is 12.4. The van der Waals surface area contributed by atoms with Gasteiger partial charge in [-0.2, -0.15) is 0 Å². The molecular formula is C13H20F2N2OS. The third kappa shape index (κ3) is 4.40. The van der Waals surface area contributed by atoms with Crippen molar-refractivity contribution in [2.75, 3.05) is 33.2 Å². The number of hydrogen-bond donors (Lipinski definition) is 0. The van der Waals surface area contributed by atoms with Crippen LogP contribution in [0.4, 0.5) is 8.78 Å². The largest absolute Gasteiger partial charge is 0.478 e. The average molecular weight is 290 g/mol. The molecule has 0 saturated carbocycles. The highest BCUT2D eigenvalue weighted by atomic mass is 32.1. The number of nitrogens with zero attached hydrogens (tertiary/aromatic N) is 2. The lowest BCUT2D eigenvalue weighted by Crippen LogP contribution is -2.51. The van der Waals surface area contributed by atoms with E-state index in [2.05, 4.69) is 11.9 Å². The number of rotatable bonds is 7. The molecule has 108 valence electrons. The molecule has 1 aromatic rings. The number of thiophene rings is 1. The Hall–Kier alpha value is -0.720. The Morgan fingerprint density at radius 2 is 2.21 bits per heavy atom. The summed E-state index contributed by atoms with van der Waals surface area (Å²) in [6.07, 6.45) is -2.00. The van der Waals surface area contributed by atoms with Gasteiger partial charge in [0, 0.05) is 24.5 Å². The van der Waals surface area contributed by atoms with Gasteiger partial charge < -0.3 is 4.74 Å². The molecule has 3 nitrogen and oxygen atoms in total. The first kappa shape index (κ1) is 14.7. The van der Waals surface area contributed by atoms with Crippen LogP contribution in [-0.4, -0.2) is 55.6 Å². The number of alkyl halides is 2. The van der Waals surface area contributed by atoms with E-state index in [-0.39, 0.29) is 12.6 Å². The lowest BCUT2D eigenvalue weighted by Gasteiger charge is -2.35. The van der Waals surface area contributed by atoms with Gasteiger partial charge in [-0.3, -0.25) is 9.80 Å². The smallest absolute Gasteiger partial charge is 0.251 e. The fourth-order valence-electron chi connectivity index (χ4n) is 2.11. The van der Waals surface area contributed by atoms with Gasteiger partial charge in [-0.05, 0) is 25.7 Å². The highest BCUT2D eigenvalue weighted by Crippen LogP contribution is 2.28. The lowest BCUT2D eigenvalue weighted by molar-refractivity contribution is 0.0416. The Balaban J connectivity index is 1.82. The summed E-state index contributed by atoms with van der Waals surface area (Å²) >= 11 is 1.56. The Kier molecular flexibility index (Phi) is 5.13. The van der Waals surface area contributed by atoms with Crippen LogP contribution in [0.5, 0.6) is 5.06 Å². The standard InChI is InChI=1S/C13H20F2N2OS/c1-3-17(9-12(14)15)8-11-4-5-13(19-11)18-10-6-16(2)7-10/h4-5,10,12H,3,6-9H2,1-2H3. The molecule has 0 radical (unpaired) electrons. The van der Waals surface area contributed by atoms with Crippen molar-refractivity contribution >= 4 is 11.3 Å². The summed E-state index contributed by atoms with van der Waals surface area (Å²) in [5, 5.41) is 0.890. The molecular weight excluding hydrogens is 270 g/mol. The van der Waals surface area contributed by atoms with E-state index in [0.717, 1.165) is 23.0 Å². The van der Waals surface area contributed by atoms with Gasteiger partial charge >= 0.3 is 0 Å². The fourth-order valence-corrected chi connectivity index (χ4v) is 3.07. The zero-order valence-electron chi connectivity index (χ0n) is 11.3. The van der Waals surface area contributed by atoms with Crippen LogP contribution in [0, 0.1) is 0 Å². The minimum atomic E-state index is -2.28. The second kappa shape index (κ2) is 6.63. The molecule has 2 rings (SSSR count). The summed E-state index contributed by atoms with van der Waals surface area (Å²) < 4.78 is 30.6. The summed E-state index contributed by atoms with van der Waals surface area (Å²) in [7, 11) is 2.06. The second-order valence-corrected chi connectivity index (χ2v) is 6.03. The van der Waals surface area contributed by atoms with E-state index in [1.807, 2.05) is 19.1 Å². The first-order chi connectivity index (χ1) is 9.06. The molecule has 0 bridgehead atoms. The van der Waals surface area contributed by atoms with E-state index in [0.29, 0.717) is 13.1 Å². The molecule has 6 heteroatoms. The van der Waals surface area contributed by atoms with Crippen LogP contribution < -0.4 is 4.74 Å². The van der Waals surface area contributed by atoms with Crippen LogP contribution in [0.15, 0.2) is 12.1 Å². The highest BCUT2D eigenvalue weighted by Gasteiger charge is 2.25. The van der Waals surface area contributed by atoms with Crippen molar-refractivity contribution < 1.29 is 13.5 Å². The Morgan fingerprint density at radius 3 is 2.79 bits per heavy atom. The van der Waals surface area contributed by atoms with Crippen molar-refractivity contribution in [1.29, 1.82) is 0 Å². The third-order valence-electron chi connectivity index (χ3n) is 3.17. The Morgan fingerprint density at radius 1 is 1.47 bits per heavy atom. The third-order valence-corrected chi connectivity index (χ3v) is 4.13. The van der Waals surface area contributed by atoms with E-state index in [9.17, 15) is 8.78 Å². The highest BCUT2D eigenvalue weighted by molar-refractivity contribution is 7.13. The zero-order chi connectivity index (χ0) is 13.8. The molecule has 1 aliphatic heterocycles. The zero-order valence-corrected chi connectivity index (χ0v) is 12.1. The number of hydrogen-bond acceptors (Lipinski definition) is 4. The molecule has 0 atom stereocenters. The molecule has 0 amide bonds. The molecule has 1 aliphatic rings. The SMILES string of the molecule is CCN(Cc1ccc(OC2CN(C)C2)s1)CC(F)F. The van der Waals surface area contributed by atoms with Crippen molar-refractivity contribution in [2.45, 2.75) is 26.0 Å². The molecule has 0 aromatic carbocycles. The lowest BCUT2D eigenvalue weighted by atomic mass is 10.2. The number of likely N-dealkylation sites (N-methyl/N-ethyl adjacent to an activating group) is 1. The summed E-state index contributed by atoms with van der Waals surface area (Å²) in [5.41, 5.74) is 0. The molecule has 19 heavy (non-hydrogen) atoms. The quantitative estimate of drug-likeness (QED) is 0.767. The van der Waals surface area contributed by atoms with E-state index >= 15 is 0 Å². The van der Waals surface area contributed by atoms with E-state index in [1.165, 1.54) is 0 Å². The van der Waals surface area contributed by atoms with E-state index in [1.54, 1.807) is 16.2 Å². The van der Waals surface area contributed by atoms with Crippen LogP contribution in [0.3, 0.4) is 0 Å². The van der Waals surface area contributed by atoms with Gasteiger partial charge in [0.15, 0.2) is 5.06 Å². The average Bonchev–Trinajstić information content (AvgIpc) is 2.73. The van der Waals surface area contributed by atoms with Crippen molar-refractivity contribution in [3.05, 3.63) is 17.0 Å². The minimum Gasteiger partial charge on any atom is -0.478 e. The van der Waals surface area contributed by atoms with Crippen LogP contribution in [0.1, 0.15) is 11.8 Å². The van der Waals surface area contributed by atoms with Crippen molar-refractivity contribution in [2.24, 2.45) is 0 Å². The predicted octanol–water partition coefficient (Wildman–Crippen LogP) is 2.53. The maximum Gasteiger partial charge on any atom is 0.251 e. The topological polar surface area (TPSA) is 15.7 Å². The van der Waals surface area contributed by atoms with Gasteiger partial charge in [0.05, 0.1) is 6.54 Å². The molecule has 0 unspecified atom stereocenters. The predicted molar refractivity (Wildman–Crippen MR) is 73.2 cm³/mol. The molecule has 0 N–H and O–H groups in total. The van der Waals surface area contributed by atoms with Crippen molar-refractivity contribution in [3.8, 4) is 5.06 Å². The summed E-state index contributed by atoms with van der Waals surface area (Å²) in [5.74, 6) is 0. The molecule has 1 saturated heterocycles. The van der Waals surface area contributed by atoms with Gasteiger partial charge in [0.2, 0.25) is 0 Å². The fraction of sp³-hybridized carbons (Fsp3) is 0.692. The van der Waals surface area contributed by atoms with Crippen molar-refractivity contribution in [1.82, 2.24) is 9.80 Å². The van der Waals surface area contributed by atoms with Crippen LogP contribution in [0.25, 0.3) is 0 Å². The van der Waals surface area contributed by atoms with Crippen LogP contribution in [0.2, 0.25) is 0 Å². The number of likely N-dealkylation sites (tertiary alicyclic amines) is 1. The van der Waals surface area contributed by atoms with Gasteiger partial charge in [-0.15, -0.1) is 11.3 Å². The van der Waals surface area contributed by atoms with Crippen LogP contribution >= 0.6 is 11.3 Å². The van der Waals surface area contributed by atoms with Gasteiger partial charge in [0.1, 0.15) is 6.10 Å². The van der Waals surface area contributed by atoms with Gasteiger partial charge in [0.25, 0.3) is 6.43 Å². The normalized spacial score (nSPS) is 17.2. The van der Waals surface area contributed by atoms with Gasteiger partial charge in [-0.25, -0.2) is 8.78 Å². The number of halogens is 2. The molecule has 1 aromatic heterocycles. The van der Waals surface area contributed by atoms with E-state index in [4.69, 9.17) is 4.74 Å². The van der Waals surface area contributed by atoms with Crippen molar-refractivity contribution in [3.63, 3.8) is 0 Å². The van der Waals surface area contributed by atoms with Gasteiger partial charge in [-0.1, -0.05) is 6.92 Å². The van der Waals surface area contributed by atoms with E-state index < -0.39 is 6.43 Å². The first-order valence-corrected chi connectivity index (χ1v) is 7.33. The molecule has 2 heterocycles. The Labute approximate surface area is 116 Å². The molecule has 1 fully saturated rings. The second-order valence-electron chi connectivity index (χ2n) is 4.90. The Bertz CT molecular complexity index is 394. The summed E-state index contributed by atoms with van der Waals surface area (Å²) in [6, 6.07) is 3.91.